The molecule has 0 fully saturated rings. The number of rotatable bonds is 4. The molecule has 1 amide bonds. The van der Waals surface area contributed by atoms with Gasteiger partial charge in [-0.1, -0.05) is 18.2 Å². The van der Waals surface area contributed by atoms with Crippen LogP contribution in [-0.4, -0.2) is 12.5 Å². The second-order valence-corrected chi connectivity index (χ2v) is 3.93. The number of carbonyl (C=O) groups is 1. The van der Waals surface area contributed by atoms with E-state index in [0.29, 0.717) is 0 Å². The Bertz CT molecular complexity index is 553. The average Bonchev–Trinajstić information content (AvgIpc) is 2.36. The molecular weight excluding hydrogens is 250 g/mol. The molecule has 0 atom stereocenters. The van der Waals surface area contributed by atoms with E-state index in [1.165, 1.54) is 0 Å². The average molecular weight is 262 g/mol. The van der Waals surface area contributed by atoms with E-state index in [1.807, 2.05) is 30.3 Å². The topological polar surface area (TPSA) is 41.1 Å². The van der Waals surface area contributed by atoms with Crippen LogP contribution in [0.5, 0.6) is 0 Å². The van der Waals surface area contributed by atoms with Crippen molar-refractivity contribution < 1.29 is 13.6 Å². The predicted molar refractivity (Wildman–Crippen MR) is 69.9 cm³/mol. The van der Waals surface area contributed by atoms with Gasteiger partial charge in [-0.2, -0.15) is 0 Å². The van der Waals surface area contributed by atoms with Gasteiger partial charge in [0.25, 0.3) is 0 Å². The second kappa shape index (κ2) is 5.95. The van der Waals surface area contributed by atoms with Crippen molar-refractivity contribution in [2.45, 2.75) is 0 Å². The minimum atomic E-state index is -0.730. The fraction of sp³-hybridized carbons (Fsp3) is 0.0714. The monoisotopic (exact) mass is 262 g/mol. The van der Waals surface area contributed by atoms with Gasteiger partial charge >= 0.3 is 0 Å². The van der Waals surface area contributed by atoms with Gasteiger partial charge in [-0.15, -0.1) is 0 Å². The number of hydrogen-bond donors (Lipinski definition) is 2. The first-order chi connectivity index (χ1) is 9.13. The molecule has 0 aliphatic rings. The van der Waals surface area contributed by atoms with Crippen LogP contribution in [-0.2, 0) is 4.79 Å². The lowest BCUT2D eigenvalue weighted by Gasteiger charge is -2.08. The van der Waals surface area contributed by atoms with Gasteiger partial charge in [0.05, 0.1) is 6.54 Å². The molecular formula is C14H12F2N2O. The van der Waals surface area contributed by atoms with Crippen LogP contribution in [0, 0.1) is 11.6 Å². The Hall–Kier alpha value is -2.43. The fourth-order valence-electron chi connectivity index (χ4n) is 1.57. The summed E-state index contributed by atoms with van der Waals surface area (Å²) >= 11 is 0. The van der Waals surface area contributed by atoms with E-state index in [4.69, 9.17) is 0 Å². The highest BCUT2D eigenvalue weighted by atomic mass is 19.1. The largest absolute Gasteiger partial charge is 0.376 e. The number of para-hydroxylation sites is 1. The summed E-state index contributed by atoms with van der Waals surface area (Å²) in [7, 11) is 0. The molecule has 0 heterocycles. The molecule has 3 nitrogen and oxygen atoms in total. The van der Waals surface area contributed by atoms with E-state index in [9.17, 15) is 13.6 Å². The van der Waals surface area contributed by atoms with Gasteiger partial charge in [0.15, 0.2) is 0 Å². The maximum atomic E-state index is 12.9. The minimum absolute atomic E-state index is 0.0160. The highest BCUT2D eigenvalue weighted by molar-refractivity contribution is 5.93. The first-order valence-corrected chi connectivity index (χ1v) is 5.68. The summed E-state index contributed by atoms with van der Waals surface area (Å²) < 4.78 is 25.8. The molecule has 2 rings (SSSR count). The minimum Gasteiger partial charge on any atom is -0.376 e. The van der Waals surface area contributed by atoms with E-state index in [-0.39, 0.29) is 18.1 Å². The van der Waals surface area contributed by atoms with Crippen LogP contribution >= 0.6 is 0 Å². The maximum Gasteiger partial charge on any atom is 0.243 e. The molecule has 0 saturated heterocycles. The standard InChI is InChI=1S/C14H12F2N2O/c15-10-6-11(16)8-13(7-10)18-14(19)9-17-12-4-2-1-3-5-12/h1-8,17H,9H2,(H,18,19). The van der Waals surface area contributed by atoms with Gasteiger partial charge in [-0.25, -0.2) is 8.78 Å². The molecule has 5 heteroatoms. The van der Waals surface area contributed by atoms with Gasteiger partial charge in [0, 0.05) is 17.4 Å². The van der Waals surface area contributed by atoms with E-state index in [2.05, 4.69) is 10.6 Å². The molecule has 0 saturated carbocycles. The molecule has 0 bridgehead atoms. The lowest BCUT2D eigenvalue weighted by molar-refractivity contribution is -0.114. The van der Waals surface area contributed by atoms with Gasteiger partial charge in [-0.3, -0.25) is 4.79 Å². The Kier molecular flexibility index (Phi) is 4.07. The van der Waals surface area contributed by atoms with E-state index >= 15 is 0 Å². The van der Waals surface area contributed by atoms with Gasteiger partial charge in [-0.05, 0) is 24.3 Å². The molecule has 19 heavy (non-hydrogen) atoms. The van der Waals surface area contributed by atoms with Crippen LogP contribution in [0.3, 0.4) is 0 Å². The number of nitrogens with one attached hydrogen (secondary N) is 2. The zero-order chi connectivity index (χ0) is 13.7. The molecule has 98 valence electrons. The summed E-state index contributed by atoms with van der Waals surface area (Å²) in [4.78, 5) is 11.6. The molecule has 0 aliphatic carbocycles. The summed E-state index contributed by atoms with van der Waals surface area (Å²) in [6.45, 7) is 0.0160. The normalized spacial score (nSPS) is 10.0. The summed E-state index contributed by atoms with van der Waals surface area (Å²) in [5.74, 6) is -1.84. The number of hydrogen-bond acceptors (Lipinski definition) is 2. The van der Waals surface area contributed by atoms with Crippen LogP contribution in [0.4, 0.5) is 20.2 Å². The number of anilines is 2. The Labute approximate surface area is 109 Å². The Morgan fingerprint density at radius 1 is 0.947 bits per heavy atom. The smallest absolute Gasteiger partial charge is 0.243 e. The fourth-order valence-corrected chi connectivity index (χ4v) is 1.57. The van der Waals surface area contributed by atoms with Crippen molar-refractivity contribution in [3.05, 3.63) is 60.2 Å². The van der Waals surface area contributed by atoms with E-state index in [1.54, 1.807) is 0 Å². The summed E-state index contributed by atoms with van der Waals surface area (Å²) in [5, 5.41) is 5.31. The van der Waals surface area contributed by atoms with Crippen LogP contribution in [0.2, 0.25) is 0 Å². The summed E-state index contributed by atoms with van der Waals surface area (Å²) in [6, 6.07) is 12.0. The lowest BCUT2D eigenvalue weighted by Crippen LogP contribution is -2.21. The third kappa shape index (κ3) is 4.06. The number of benzene rings is 2. The third-order valence-electron chi connectivity index (χ3n) is 2.37. The Morgan fingerprint density at radius 3 is 2.21 bits per heavy atom. The maximum absolute atomic E-state index is 12.9. The number of carbonyl (C=O) groups excluding carboxylic acids is 1. The van der Waals surface area contributed by atoms with Crippen molar-refractivity contribution in [1.29, 1.82) is 0 Å². The number of halogens is 2. The summed E-state index contributed by atoms with van der Waals surface area (Å²) in [5.41, 5.74) is 0.889. The molecule has 0 aliphatic heterocycles. The zero-order valence-electron chi connectivity index (χ0n) is 9.99. The zero-order valence-corrected chi connectivity index (χ0v) is 9.99. The molecule has 0 radical (unpaired) electrons. The first kappa shape index (κ1) is 13.0. The summed E-state index contributed by atoms with van der Waals surface area (Å²) in [6.07, 6.45) is 0. The molecule has 2 N–H and O–H groups in total. The second-order valence-electron chi connectivity index (χ2n) is 3.93. The van der Waals surface area contributed by atoms with Crippen LogP contribution in [0.25, 0.3) is 0 Å². The van der Waals surface area contributed by atoms with Crippen molar-refractivity contribution >= 4 is 17.3 Å². The quantitative estimate of drug-likeness (QED) is 0.889. The van der Waals surface area contributed by atoms with Crippen molar-refractivity contribution in [1.82, 2.24) is 0 Å². The van der Waals surface area contributed by atoms with Crippen molar-refractivity contribution in [2.24, 2.45) is 0 Å². The molecule has 2 aromatic carbocycles. The van der Waals surface area contributed by atoms with Crippen molar-refractivity contribution in [3.8, 4) is 0 Å². The van der Waals surface area contributed by atoms with E-state index < -0.39 is 11.6 Å². The third-order valence-corrected chi connectivity index (χ3v) is 2.37. The van der Waals surface area contributed by atoms with Gasteiger partial charge in [0.1, 0.15) is 11.6 Å². The molecule has 2 aromatic rings. The van der Waals surface area contributed by atoms with Crippen LogP contribution < -0.4 is 10.6 Å². The molecule has 0 spiro atoms. The van der Waals surface area contributed by atoms with Crippen LogP contribution in [0.15, 0.2) is 48.5 Å². The lowest BCUT2D eigenvalue weighted by atomic mass is 10.3. The highest BCUT2D eigenvalue weighted by Gasteiger charge is 2.05. The Balaban J connectivity index is 1.91. The molecule has 0 unspecified atom stereocenters. The Morgan fingerprint density at radius 2 is 1.58 bits per heavy atom. The SMILES string of the molecule is O=C(CNc1ccccc1)Nc1cc(F)cc(F)c1. The number of amides is 1. The van der Waals surface area contributed by atoms with Crippen molar-refractivity contribution in [3.63, 3.8) is 0 Å². The first-order valence-electron chi connectivity index (χ1n) is 5.68. The van der Waals surface area contributed by atoms with E-state index in [0.717, 1.165) is 23.9 Å². The molecule has 0 aromatic heterocycles. The van der Waals surface area contributed by atoms with Crippen molar-refractivity contribution in [2.75, 3.05) is 17.2 Å². The highest BCUT2D eigenvalue weighted by Crippen LogP contribution is 2.12. The predicted octanol–water partition coefficient (Wildman–Crippen LogP) is 3.02. The van der Waals surface area contributed by atoms with Crippen LogP contribution in [0.1, 0.15) is 0 Å². The van der Waals surface area contributed by atoms with Gasteiger partial charge in [0.2, 0.25) is 5.91 Å². The van der Waals surface area contributed by atoms with Gasteiger partial charge < -0.3 is 10.6 Å².